The van der Waals surface area contributed by atoms with Crippen LogP contribution in [0, 0.1) is 11.7 Å². The van der Waals surface area contributed by atoms with Crippen molar-refractivity contribution in [3.05, 3.63) is 34.6 Å². The fourth-order valence-electron chi connectivity index (χ4n) is 1.73. The van der Waals surface area contributed by atoms with Gasteiger partial charge in [0.1, 0.15) is 11.9 Å². The molecule has 0 radical (unpaired) electrons. The van der Waals surface area contributed by atoms with E-state index in [2.05, 4.69) is 4.72 Å². The Kier molecular flexibility index (Phi) is 6.12. The van der Waals surface area contributed by atoms with Crippen LogP contribution in [-0.4, -0.2) is 25.5 Å². The van der Waals surface area contributed by atoms with Crippen LogP contribution in [0.15, 0.2) is 18.2 Å². The van der Waals surface area contributed by atoms with Gasteiger partial charge in [0.05, 0.1) is 10.8 Å². The highest BCUT2D eigenvalue weighted by molar-refractivity contribution is 7.88. The SMILES string of the molecule is CC[C@H](C)[C@H](NS(=O)(=O)Cc1ccc(F)c(Cl)c1)C(=O)O. The number of rotatable bonds is 7. The molecule has 1 rings (SSSR count). The zero-order chi connectivity index (χ0) is 16.2. The lowest BCUT2D eigenvalue weighted by Gasteiger charge is -2.20. The van der Waals surface area contributed by atoms with Gasteiger partial charge in [-0.3, -0.25) is 4.79 Å². The van der Waals surface area contributed by atoms with E-state index in [4.69, 9.17) is 16.7 Å². The summed E-state index contributed by atoms with van der Waals surface area (Å²) >= 11 is 5.59. The molecule has 2 N–H and O–H groups in total. The number of carboxylic acids is 1. The van der Waals surface area contributed by atoms with Crippen LogP contribution in [0.1, 0.15) is 25.8 Å². The molecule has 0 heterocycles. The molecule has 0 saturated heterocycles. The molecular formula is C13H17ClFNO4S. The summed E-state index contributed by atoms with van der Waals surface area (Å²) < 4.78 is 39.2. The van der Waals surface area contributed by atoms with Crippen LogP contribution >= 0.6 is 11.6 Å². The van der Waals surface area contributed by atoms with Crippen molar-refractivity contribution in [3.8, 4) is 0 Å². The fraction of sp³-hybridized carbons (Fsp3) is 0.462. The second-order valence-electron chi connectivity index (χ2n) is 4.83. The third-order valence-corrected chi connectivity index (χ3v) is 4.74. The van der Waals surface area contributed by atoms with Gasteiger partial charge >= 0.3 is 5.97 Å². The van der Waals surface area contributed by atoms with Crippen LogP contribution in [0.25, 0.3) is 0 Å². The lowest BCUT2D eigenvalue weighted by molar-refractivity contribution is -0.140. The topological polar surface area (TPSA) is 83.5 Å². The molecule has 1 aromatic carbocycles. The number of sulfonamides is 1. The fourth-order valence-corrected chi connectivity index (χ4v) is 3.35. The van der Waals surface area contributed by atoms with Crippen LogP contribution in [0.4, 0.5) is 4.39 Å². The molecular weight excluding hydrogens is 321 g/mol. The maximum Gasteiger partial charge on any atom is 0.322 e. The van der Waals surface area contributed by atoms with Gasteiger partial charge in [-0.05, 0) is 23.6 Å². The largest absolute Gasteiger partial charge is 0.480 e. The summed E-state index contributed by atoms with van der Waals surface area (Å²) in [5.41, 5.74) is 0.280. The average Bonchev–Trinajstić information content (AvgIpc) is 2.39. The summed E-state index contributed by atoms with van der Waals surface area (Å²) in [6, 6.07) is 2.36. The molecule has 0 aliphatic carbocycles. The Labute approximate surface area is 128 Å². The van der Waals surface area contributed by atoms with Gasteiger partial charge in [-0.25, -0.2) is 17.5 Å². The van der Waals surface area contributed by atoms with Crippen LogP contribution in [0.2, 0.25) is 5.02 Å². The van der Waals surface area contributed by atoms with E-state index in [0.29, 0.717) is 6.42 Å². The highest BCUT2D eigenvalue weighted by Gasteiger charge is 2.28. The summed E-state index contributed by atoms with van der Waals surface area (Å²) in [4.78, 5) is 11.1. The minimum Gasteiger partial charge on any atom is -0.480 e. The first-order valence-electron chi connectivity index (χ1n) is 6.33. The van der Waals surface area contributed by atoms with Crippen molar-refractivity contribution in [2.24, 2.45) is 5.92 Å². The highest BCUT2D eigenvalue weighted by atomic mass is 35.5. The van der Waals surface area contributed by atoms with Gasteiger partial charge in [0.2, 0.25) is 10.0 Å². The van der Waals surface area contributed by atoms with E-state index < -0.39 is 33.6 Å². The zero-order valence-electron chi connectivity index (χ0n) is 11.6. The third kappa shape index (κ3) is 5.26. The van der Waals surface area contributed by atoms with Crippen molar-refractivity contribution in [3.63, 3.8) is 0 Å². The number of benzene rings is 1. The molecule has 21 heavy (non-hydrogen) atoms. The van der Waals surface area contributed by atoms with Gasteiger partial charge < -0.3 is 5.11 Å². The van der Waals surface area contributed by atoms with Gasteiger partial charge in [-0.15, -0.1) is 0 Å². The zero-order valence-corrected chi connectivity index (χ0v) is 13.2. The second kappa shape index (κ2) is 7.20. The molecule has 0 unspecified atom stereocenters. The van der Waals surface area contributed by atoms with Crippen molar-refractivity contribution in [2.75, 3.05) is 0 Å². The van der Waals surface area contributed by atoms with Crippen molar-refractivity contribution in [2.45, 2.75) is 32.1 Å². The summed E-state index contributed by atoms with van der Waals surface area (Å²) in [5, 5.41) is 8.91. The Hall–Kier alpha value is -1.18. The molecule has 0 saturated carbocycles. The molecule has 1 aromatic rings. The number of nitrogens with one attached hydrogen (secondary N) is 1. The van der Waals surface area contributed by atoms with Gasteiger partial charge in [0.15, 0.2) is 0 Å². The van der Waals surface area contributed by atoms with Crippen molar-refractivity contribution in [1.82, 2.24) is 4.72 Å². The monoisotopic (exact) mass is 337 g/mol. The molecule has 5 nitrogen and oxygen atoms in total. The smallest absolute Gasteiger partial charge is 0.322 e. The first-order valence-corrected chi connectivity index (χ1v) is 8.36. The summed E-state index contributed by atoms with van der Waals surface area (Å²) in [6.45, 7) is 3.42. The number of carboxylic acid groups (broad SMARTS) is 1. The van der Waals surface area contributed by atoms with E-state index in [-0.39, 0.29) is 16.5 Å². The minimum atomic E-state index is -3.88. The number of aliphatic carboxylic acids is 1. The van der Waals surface area contributed by atoms with E-state index in [1.54, 1.807) is 13.8 Å². The molecule has 8 heteroatoms. The number of carbonyl (C=O) groups is 1. The molecule has 0 fully saturated rings. The molecule has 0 amide bonds. The summed E-state index contributed by atoms with van der Waals surface area (Å²) in [5.74, 6) is -2.69. The van der Waals surface area contributed by atoms with E-state index >= 15 is 0 Å². The van der Waals surface area contributed by atoms with Crippen LogP contribution < -0.4 is 4.72 Å². The van der Waals surface area contributed by atoms with Gasteiger partial charge in [0, 0.05) is 0 Å². The van der Waals surface area contributed by atoms with Gasteiger partial charge in [-0.2, -0.15) is 0 Å². The lowest BCUT2D eigenvalue weighted by atomic mass is 10.0. The number of hydrogen-bond donors (Lipinski definition) is 2. The first kappa shape index (κ1) is 17.9. The van der Waals surface area contributed by atoms with Crippen molar-refractivity contribution < 1.29 is 22.7 Å². The quantitative estimate of drug-likeness (QED) is 0.800. The lowest BCUT2D eigenvalue weighted by Crippen LogP contribution is -2.45. The minimum absolute atomic E-state index is 0.181. The van der Waals surface area contributed by atoms with E-state index in [1.807, 2.05) is 0 Å². The molecule has 2 atom stereocenters. The predicted molar refractivity (Wildman–Crippen MR) is 78.0 cm³/mol. The summed E-state index contributed by atoms with van der Waals surface area (Å²) in [6.07, 6.45) is 0.516. The second-order valence-corrected chi connectivity index (χ2v) is 6.99. The van der Waals surface area contributed by atoms with Crippen molar-refractivity contribution >= 4 is 27.6 Å². The maximum atomic E-state index is 13.0. The molecule has 118 valence electrons. The average molecular weight is 338 g/mol. The Morgan fingerprint density at radius 3 is 2.57 bits per heavy atom. The van der Waals surface area contributed by atoms with Crippen LogP contribution in [0.3, 0.4) is 0 Å². The molecule has 0 aliphatic rings. The van der Waals surface area contributed by atoms with Crippen molar-refractivity contribution in [1.29, 1.82) is 0 Å². The molecule has 0 aromatic heterocycles. The van der Waals surface area contributed by atoms with E-state index in [0.717, 1.165) is 6.07 Å². The normalized spacial score (nSPS) is 14.7. The molecule has 0 spiro atoms. The Bertz CT molecular complexity index is 621. The molecule has 0 aliphatic heterocycles. The van der Waals surface area contributed by atoms with E-state index in [9.17, 15) is 17.6 Å². The predicted octanol–water partition coefficient (Wildman–Crippen LogP) is 2.40. The van der Waals surface area contributed by atoms with Gasteiger partial charge in [0.25, 0.3) is 0 Å². The maximum absolute atomic E-state index is 13.0. The van der Waals surface area contributed by atoms with E-state index in [1.165, 1.54) is 12.1 Å². The Morgan fingerprint density at radius 1 is 1.48 bits per heavy atom. The van der Waals surface area contributed by atoms with Crippen LogP contribution in [-0.2, 0) is 20.6 Å². The number of halogens is 2. The Morgan fingerprint density at radius 2 is 2.10 bits per heavy atom. The first-order chi connectivity index (χ1) is 9.66. The standard InChI is InChI=1S/C13H17ClFNO4S/c1-3-8(2)12(13(17)18)16-21(19,20)7-9-4-5-11(15)10(14)6-9/h4-6,8,12,16H,3,7H2,1-2H3,(H,17,18)/t8-,12-/m0/s1. The Balaban J connectivity index is 2.90. The number of hydrogen-bond acceptors (Lipinski definition) is 3. The highest BCUT2D eigenvalue weighted by Crippen LogP contribution is 2.18. The van der Waals surface area contributed by atoms with Crippen LogP contribution in [0.5, 0.6) is 0 Å². The molecule has 0 bridgehead atoms. The summed E-state index contributed by atoms with van der Waals surface area (Å²) in [7, 11) is -3.88. The third-order valence-electron chi connectivity index (χ3n) is 3.13. The van der Waals surface area contributed by atoms with Gasteiger partial charge in [-0.1, -0.05) is 37.9 Å².